The van der Waals surface area contributed by atoms with Crippen LogP contribution in [0, 0.1) is 5.41 Å². The highest BCUT2D eigenvalue weighted by molar-refractivity contribution is 5.85. The fourth-order valence-corrected chi connectivity index (χ4v) is 2.07. The lowest BCUT2D eigenvalue weighted by atomic mass is 9.93. The molecule has 1 rings (SSSR count). The van der Waals surface area contributed by atoms with Crippen molar-refractivity contribution in [2.75, 3.05) is 39.8 Å². The highest BCUT2D eigenvalue weighted by Crippen LogP contribution is 2.18. The van der Waals surface area contributed by atoms with Crippen LogP contribution in [0.4, 0.5) is 0 Å². The van der Waals surface area contributed by atoms with E-state index in [1.807, 2.05) is 6.92 Å². The molecule has 6 heteroatoms. The van der Waals surface area contributed by atoms with E-state index in [-0.39, 0.29) is 23.8 Å². The number of nitrogens with one attached hydrogen (secondary N) is 1. The summed E-state index contributed by atoms with van der Waals surface area (Å²) >= 11 is 0. The Balaban J connectivity index is 2.39. The molecule has 0 radical (unpaired) electrons. The Labute approximate surface area is 128 Å². The van der Waals surface area contributed by atoms with Crippen molar-refractivity contribution in [1.82, 2.24) is 15.1 Å². The van der Waals surface area contributed by atoms with Gasteiger partial charge in [0.05, 0.1) is 13.1 Å². The highest BCUT2D eigenvalue weighted by Gasteiger charge is 2.25. The highest BCUT2D eigenvalue weighted by atomic mass is 16.2. The number of likely N-dealkylation sites (N-methyl/N-ethyl adjacent to an activating group) is 2. The quantitative estimate of drug-likeness (QED) is 0.629. The number of nitrogens with zero attached hydrogens (tertiary/aromatic N) is 2. The molecule has 1 aliphatic rings. The van der Waals surface area contributed by atoms with Crippen molar-refractivity contribution in [3.8, 4) is 0 Å². The van der Waals surface area contributed by atoms with E-state index in [1.165, 1.54) is 4.90 Å². The van der Waals surface area contributed by atoms with Gasteiger partial charge < -0.3 is 16.0 Å². The zero-order valence-electron chi connectivity index (χ0n) is 13.8. The predicted octanol–water partition coefficient (Wildman–Crippen LogP) is 0.0302. The summed E-state index contributed by atoms with van der Waals surface area (Å²) < 4.78 is 0. The van der Waals surface area contributed by atoms with Crippen molar-refractivity contribution >= 4 is 11.8 Å². The van der Waals surface area contributed by atoms with E-state index in [9.17, 15) is 9.59 Å². The molecule has 0 aliphatic heterocycles. The first-order valence-electron chi connectivity index (χ1n) is 7.73. The normalized spacial score (nSPS) is 15.1. The summed E-state index contributed by atoms with van der Waals surface area (Å²) in [5.41, 5.74) is 5.73. The molecule has 3 N–H and O–H groups in total. The van der Waals surface area contributed by atoms with Crippen LogP contribution >= 0.6 is 0 Å². The van der Waals surface area contributed by atoms with Gasteiger partial charge in [0.25, 0.3) is 0 Å². The topological polar surface area (TPSA) is 78.7 Å². The number of hydrogen-bond donors (Lipinski definition) is 2. The van der Waals surface area contributed by atoms with Gasteiger partial charge in [-0.3, -0.25) is 14.5 Å². The van der Waals surface area contributed by atoms with Crippen molar-refractivity contribution < 1.29 is 9.59 Å². The maximum absolute atomic E-state index is 12.2. The second kappa shape index (κ2) is 7.75. The summed E-state index contributed by atoms with van der Waals surface area (Å²) in [6.45, 7) is 8.81. The van der Waals surface area contributed by atoms with Gasteiger partial charge in [-0.1, -0.05) is 20.8 Å². The van der Waals surface area contributed by atoms with Crippen LogP contribution in [-0.2, 0) is 9.59 Å². The average molecular weight is 298 g/mol. The Morgan fingerprint density at radius 2 is 1.90 bits per heavy atom. The van der Waals surface area contributed by atoms with Crippen LogP contribution in [0.15, 0.2) is 0 Å². The molecule has 1 saturated carbocycles. The van der Waals surface area contributed by atoms with Crippen LogP contribution in [0.2, 0.25) is 0 Å². The Bertz CT molecular complexity index is 367. The third-order valence-electron chi connectivity index (χ3n) is 3.76. The second-order valence-corrected chi connectivity index (χ2v) is 6.76. The van der Waals surface area contributed by atoms with E-state index in [4.69, 9.17) is 5.73 Å². The molecule has 21 heavy (non-hydrogen) atoms. The van der Waals surface area contributed by atoms with Gasteiger partial charge in [0, 0.05) is 19.6 Å². The number of carbonyl (C=O) groups excluding carboxylic acids is 2. The molecule has 122 valence electrons. The van der Waals surface area contributed by atoms with Crippen LogP contribution in [-0.4, -0.2) is 67.4 Å². The molecule has 0 aromatic rings. The van der Waals surface area contributed by atoms with Crippen molar-refractivity contribution in [1.29, 1.82) is 0 Å². The van der Waals surface area contributed by atoms with E-state index >= 15 is 0 Å². The number of nitrogens with two attached hydrogens (primary N) is 1. The van der Waals surface area contributed by atoms with Crippen molar-refractivity contribution in [2.24, 2.45) is 11.1 Å². The smallest absolute Gasteiger partial charge is 0.239 e. The summed E-state index contributed by atoms with van der Waals surface area (Å²) in [5.74, 6) is -0.102. The van der Waals surface area contributed by atoms with Crippen LogP contribution in [0.1, 0.15) is 33.6 Å². The van der Waals surface area contributed by atoms with E-state index in [0.29, 0.717) is 19.1 Å². The molecule has 2 amide bonds. The third-order valence-corrected chi connectivity index (χ3v) is 3.76. The molecule has 0 heterocycles. The summed E-state index contributed by atoms with van der Waals surface area (Å²) in [5, 5.41) is 2.89. The number of carbonyl (C=O) groups is 2. The standard InChI is InChI=1S/C15H30N4O2/c1-5-19(11-15(2,3)10-16)9-14(21)18(4)8-13(20)17-12-6-7-12/h12H,5-11,16H2,1-4H3,(H,17,20). The van der Waals surface area contributed by atoms with E-state index in [2.05, 4.69) is 24.1 Å². The molecule has 0 atom stereocenters. The van der Waals surface area contributed by atoms with Gasteiger partial charge in [0.1, 0.15) is 0 Å². The van der Waals surface area contributed by atoms with Gasteiger partial charge in [0.15, 0.2) is 0 Å². The SMILES string of the molecule is CCN(CC(=O)N(C)CC(=O)NC1CC1)CC(C)(C)CN. The Hall–Kier alpha value is -1.14. The fraction of sp³-hybridized carbons (Fsp3) is 0.867. The number of rotatable bonds is 9. The first kappa shape index (κ1) is 17.9. The fourth-order valence-electron chi connectivity index (χ4n) is 2.07. The van der Waals surface area contributed by atoms with Gasteiger partial charge >= 0.3 is 0 Å². The van der Waals surface area contributed by atoms with Gasteiger partial charge in [-0.15, -0.1) is 0 Å². The maximum Gasteiger partial charge on any atom is 0.239 e. The molecule has 0 spiro atoms. The van der Waals surface area contributed by atoms with Gasteiger partial charge in [-0.05, 0) is 31.3 Å². The van der Waals surface area contributed by atoms with E-state index in [1.54, 1.807) is 7.05 Å². The Morgan fingerprint density at radius 3 is 2.38 bits per heavy atom. The average Bonchev–Trinajstić information content (AvgIpc) is 3.21. The second-order valence-electron chi connectivity index (χ2n) is 6.76. The molecular weight excluding hydrogens is 268 g/mol. The molecule has 0 aromatic carbocycles. The summed E-state index contributed by atoms with van der Waals surface area (Å²) in [7, 11) is 1.68. The largest absolute Gasteiger partial charge is 0.352 e. The van der Waals surface area contributed by atoms with Crippen LogP contribution in [0.25, 0.3) is 0 Å². The summed E-state index contributed by atoms with van der Waals surface area (Å²) in [6, 6.07) is 0.332. The minimum absolute atomic E-state index is 0.0157. The molecule has 1 aliphatic carbocycles. The monoisotopic (exact) mass is 298 g/mol. The molecule has 0 unspecified atom stereocenters. The third kappa shape index (κ3) is 6.91. The van der Waals surface area contributed by atoms with E-state index in [0.717, 1.165) is 25.9 Å². The molecule has 0 aromatic heterocycles. The van der Waals surface area contributed by atoms with Crippen molar-refractivity contribution in [2.45, 2.75) is 39.7 Å². The van der Waals surface area contributed by atoms with Gasteiger partial charge in [0.2, 0.25) is 11.8 Å². The summed E-state index contributed by atoms with van der Waals surface area (Å²) in [6.07, 6.45) is 2.11. The van der Waals surface area contributed by atoms with Crippen molar-refractivity contribution in [3.05, 3.63) is 0 Å². The van der Waals surface area contributed by atoms with Crippen LogP contribution in [0.5, 0.6) is 0 Å². The molecule has 0 saturated heterocycles. The Kier molecular flexibility index (Phi) is 6.61. The van der Waals surface area contributed by atoms with Crippen molar-refractivity contribution in [3.63, 3.8) is 0 Å². The van der Waals surface area contributed by atoms with Gasteiger partial charge in [-0.2, -0.15) is 0 Å². The lowest BCUT2D eigenvalue weighted by molar-refractivity contribution is -0.135. The van der Waals surface area contributed by atoms with Crippen LogP contribution < -0.4 is 11.1 Å². The summed E-state index contributed by atoms with van der Waals surface area (Å²) in [4.78, 5) is 27.5. The first-order chi connectivity index (χ1) is 9.77. The minimum Gasteiger partial charge on any atom is -0.352 e. The lowest BCUT2D eigenvalue weighted by Crippen LogP contribution is -2.46. The lowest BCUT2D eigenvalue weighted by Gasteiger charge is -2.31. The number of amides is 2. The number of hydrogen-bond acceptors (Lipinski definition) is 4. The maximum atomic E-state index is 12.2. The molecule has 0 bridgehead atoms. The van der Waals surface area contributed by atoms with Crippen LogP contribution in [0.3, 0.4) is 0 Å². The molecule has 6 nitrogen and oxygen atoms in total. The van der Waals surface area contributed by atoms with Gasteiger partial charge in [-0.25, -0.2) is 0 Å². The molecular formula is C15H30N4O2. The van der Waals surface area contributed by atoms with E-state index < -0.39 is 0 Å². The Morgan fingerprint density at radius 1 is 1.29 bits per heavy atom. The first-order valence-corrected chi connectivity index (χ1v) is 7.73. The predicted molar refractivity (Wildman–Crippen MR) is 83.8 cm³/mol. The zero-order valence-corrected chi connectivity index (χ0v) is 13.8. The zero-order chi connectivity index (χ0) is 16.0. The minimum atomic E-state index is -0.0707. The molecule has 1 fully saturated rings.